The van der Waals surface area contributed by atoms with E-state index < -0.39 is 12.0 Å². The van der Waals surface area contributed by atoms with Crippen molar-refractivity contribution < 1.29 is 14.7 Å². The fraction of sp³-hybridized carbons (Fsp3) is 0.250. The molecule has 0 saturated carbocycles. The highest BCUT2D eigenvalue weighted by Crippen LogP contribution is 2.14. The van der Waals surface area contributed by atoms with Crippen LogP contribution in [-0.4, -0.2) is 30.2 Å². The Hall–Kier alpha value is -2.55. The van der Waals surface area contributed by atoms with Gasteiger partial charge >= 0.3 is 6.09 Å². The van der Waals surface area contributed by atoms with Crippen molar-refractivity contribution in [3.05, 3.63) is 35.9 Å². The van der Waals surface area contributed by atoms with Gasteiger partial charge in [-0.3, -0.25) is 4.79 Å². The number of hydrogen-bond acceptors (Lipinski definition) is 3. The minimum absolute atomic E-state index is 0.0311. The molecule has 1 aromatic rings. The third-order valence-electron chi connectivity index (χ3n) is 2.32. The number of amides is 2. The second kappa shape index (κ2) is 6.91. The molecule has 6 heteroatoms. The van der Waals surface area contributed by atoms with Gasteiger partial charge in [0.15, 0.2) is 0 Å². The molecule has 0 bridgehead atoms. The van der Waals surface area contributed by atoms with Crippen molar-refractivity contribution in [3.8, 4) is 6.07 Å². The lowest BCUT2D eigenvalue weighted by molar-refractivity contribution is -0.122. The Morgan fingerprint density at radius 3 is 2.50 bits per heavy atom. The molecule has 3 N–H and O–H groups in total. The zero-order valence-corrected chi connectivity index (χ0v) is 9.59. The fourth-order valence-electron chi connectivity index (χ4n) is 1.49. The first-order valence-corrected chi connectivity index (χ1v) is 5.31. The van der Waals surface area contributed by atoms with E-state index >= 15 is 0 Å². The van der Waals surface area contributed by atoms with Crippen LogP contribution < -0.4 is 10.6 Å². The summed E-state index contributed by atoms with van der Waals surface area (Å²) in [6.07, 6.45) is -1.19. The van der Waals surface area contributed by atoms with Gasteiger partial charge < -0.3 is 15.7 Å². The maximum absolute atomic E-state index is 11.8. The molecule has 0 fully saturated rings. The first kappa shape index (κ1) is 13.5. The molecule has 2 amide bonds. The molecule has 1 unspecified atom stereocenters. The highest BCUT2D eigenvalue weighted by atomic mass is 16.4. The van der Waals surface area contributed by atoms with E-state index in [1.54, 1.807) is 36.4 Å². The molecule has 94 valence electrons. The summed E-state index contributed by atoms with van der Waals surface area (Å²) in [6, 6.07) is 10.6. The van der Waals surface area contributed by atoms with Crippen LogP contribution in [0.5, 0.6) is 0 Å². The van der Waals surface area contributed by atoms with Gasteiger partial charge in [0.2, 0.25) is 5.91 Å². The van der Waals surface area contributed by atoms with E-state index in [-0.39, 0.29) is 19.0 Å². The summed E-state index contributed by atoms with van der Waals surface area (Å²) in [6.45, 7) is -0.133. The van der Waals surface area contributed by atoms with Gasteiger partial charge in [0, 0.05) is 6.54 Å². The summed E-state index contributed by atoms with van der Waals surface area (Å²) in [5.74, 6) is -1.02. The number of carboxylic acid groups (broad SMARTS) is 1. The summed E-state index contributed by atoms with van der Waals surface area (Å²) in [5.41, 5.74) is 0.696. The van der Waals surface area contributed by atoms with Crippen molar-refractivity contribution in [2.24, 2.45) is 0 Å². The van der Waals surface area contributed by atoms with Gasteiger partial charge in [0.25, 0.3) is 0 Å². The number of nitrogens with one attached hydrogen (secondary N) is 2. The molecule has 0 radical (unpaired) electrons. The smallest absolute Gasteiger partial charge is 0.404 e. The molecule has 0 heterocycles. The van der Waals surface area contributed by atoms with Crippen LogP contribution in [0.4, 0.5) is 4.79 Å². The van der Waals surface area contributed by atoms with Gasteiger partial charge in [-0.05, 0) is 5.56 Å². The molecular formula is C12H13N3O3. The Kier molecular flexibility index (Phi) is 5.19. The molecule has 0 saturated heterocycles. The van der Waals surface area contributed by atoms with Crippen molar-refractivity contribution in [1.82, 2.24) is 10.6 Å². The highest BCUT2D eigenvalue weighted by Gasteiger charge is 2.20. The SMILES string of the molecule is N#CCNC(=O)C(CNC(=O)O)c1ccccc1. The van der Waals surface area contributed by atoms with Gasteiger partial charge in [-0.15, -0.1) is 0 Å². The Balaban J connectivity index is 2.78. The van der Waals surface area contributed by atoms with E-state index in [1.807, 2.05) is 0 Å². The molecule has 1 rings (SSSR count). The maximum atomic E-state index is 11.8. The Bertz CT molecular complexity index is 453. The summed E-state index contributed by atoms with van der Waals surface area (Å²) in [5, 5.41) is 21.6. The molecule has 0 aromatic heterocycles. The fourth-order valence-corrected chi connectivity index (χ4v) is 1.49. The van der Waals surface area contributed by atoms with Crippen LogP contribution >= 0.6 is 0 Å². The molecule has 0 aliphatic rings. The van der Waals surface area contributed by atoms with E-state index in [1.165, 1.54) is 0 Å². The van der Waals surface area contributed by atoms with Crippen molar-refractivity contribution in [3.63, 3.8) is 0 Å². The van der Waals surface area contributed by atoms with Crippen LogP contribution in [0.15, 0.2) is 30.3 Å². The monoisotopic (exact) mass is 247 g/mol. The lowest BCUT2D eigenvalue weighted by Crippen LogP contribution is -2.37. The van der Waals surface area contributed by atoms with Crippen molar-refractivity contribution >= 4 is 12.0 Å². The normalized spacial score (nSPS) is 11.1. The molecule has 1 aromatic carbocycles. The second-order valence-corrected chi connectivity index (χ2v) is 3.53. The van der Waals surface area contributed by atoms with Crippen LogP contribution in [0.2, 0.25) is 0 Å². The first-order chi connectivity index (χ1) is 8.65. The van der Waals surface area contributed by atoms with E-state index in [2.05, 4.69) is 10.6 Å². The number of nitriles is 1. The minimum atomic E-state index is -1.19. The van der Waals surface area contributed by atoms with Crippen LogP contribution in [0.1, 0.15) is 11.5 Å². The molecular weight excluding hydrogens is 234 g/mol. The van der Waals surface area contributed by atoms with Gasteiger partial charge in [-0.1, -0.05) is 30.3 Å². The highest BCUT2D eigenvalue weighted by molar-refractivity contribution is 5.84. The minimum Gasteiger partial charge on any atom is -0.465 e. The van der Waals surface area contributed by atoms with Crippen LogP contribution in [0.3, 0.4) is 0 Å². The van der Waals surface area contributed by atoms with E-state index in [9.17, 15) is 9.59 Å². The lowest BCUT2D eigenvalue weighted by Gasteiger charge is -2.16. The zero-order chi connectivity index (χ0) is 13.4. The van der Waals surface area contributed by atoms with Crippen LogP contribution in [0.25, 0.3) is 0 Å². The van der Waals surface area contributed by atoms with Crippen molar-refractivity contribution in [2.45, 2.75) is 5.92 Å². The standard InChI is InChI=1S/C12H13N3O3/c13-6-7-14-11(16)10(8-15-12(17)18)9-4-2-1-3-5-9/h1-5,10,15H,7-8H2,(H,14,16)(H,17,18). The topological polar surface area (TPSA) is 102 Å². The summed E-state index contributed by atoms with van der Waals surface area (Å²) in [7, 11) is 0. The van der Waals surface area contributed by atoms with Gasteiger partial charge in [-0.25, -0.2) is 4.79 Å². The van der Waals surface area contributed by atoms with Gasteiger partial charge in [0.05, 0.1) is 12.0 Å². The average molecular weight is 247 g/mol. The van der Waals surface area contributed by atoms with Gasteiger partial charge in [-0.2, -0.15) is 5.26 Å². The van der Waals surface area contributed by atoms with Crippen LogP contribution in [-0.2, 0) is 4.79 Å². The summed E-state index contributed by atoms with van der Waals surface area (Å²) < 4.78 is 0. The quantitative estimate of drug-likeness (QED) is 0.665. The molecule has 0 aliphatic carbocycles. The summed E-state index contributed by atoms with van der Waals surface area (Å²) in [4.78, 5) is 22.3. The first-order valence-electron chi connectivity index (χ1n) is 5.31. The predicted molar refractivity (Wildman–Crippen MR) is 63.8 cm³/mol. The number of rotatable bonds is 5. The Morgan fingerprint density at radius 2 is 1.94 bits per heavy atom. The predicted octanol–water partition coefficient (Wildman–Crippen LogP) is 0.678. The second-order valence-electron chi connectivity index (χ2n) is 3.53. The Labute approximate surface area is 104 Å². The molecule has 0 spiro atoms. The van der Waals surface area contributed by atoms with E-state index in [4.69, 9.17) is 10.4 Å². The van der Waals surface area contributed by atoms with Gasteiger partial charge in [0.1, 0.15) is 6.54 Å². The molecule has 6 nitrogen and oxygen atoms in total. The van der Waals surface area contributed by atoms with E-state index in [0.717, 1.165) is 0 Å². The molecule has 1 atom stereocenters. The van der Waals surface area contributed by atoms with Crippen LogP contribution in [0, 0.1) is 11.3 Å². The average Bonchev–Trinajstić information content (AvgIpc) is 2.37. The number of nitrogens with zero attached hydrogens (tertiary/aromatic N) is 1. The maximum Gasteiger partial charge on any atom is 0.404 e. The van der Waals surface area contributed by atoms with Crippen molar-refractivity contribution in [2.75, 3.05) is 13.1 Å². The number of carbonyl (C=O) groups excluding carboxylic acids is 1. The molecule has 0 aliphatic heterocycles. The third-order valence-corrected chi connectivity index (χ3v) is 2.32. The number of hydrogen-bond donors (Lipinski definition) is 3. The number of carbonyl (C=O) groups is 2. The lowest BCUT2D eigenvalue weighted by atomic mass is 9.98. The molecule has 18 heavy (non-hydrogen) atoms. The Morgan fingerprint density at radius 1 is 1.28 bits per heavy atom. The zero-order valence-electron chi connectivity index (χ0n) is 9.59. The van der Waals surface area contributed by atoms with E-state index in [0.29, 0.717) is 5.56 Å². The third kappa shape index (κ3) is 4.14. The summed E-state index contributed by atoms with van der Waals surface area (Å²) >= 11 is 0. The number of benzene rings is 1. The largest absolute Gasteiger partial charge is 0.465 e. The van der Waals surface area contributed by atoms with Crippen molar-refractivity contribution in [1.29, 1.82) is 5.26 Å².